The van der Waals surface area contributed by atoms with Gasteiger partial charge in [0, 0.05) is 18.3 Å². The first-order valence-electron chi connectivity index (χ1n) is 6.48. The van der Waals surface area contributed by atoms with Gasteiger partial charge in [0.2, 0.25) is 0 Å². The maximum Gasteiger partial charge on any atom is 0.303 e. The monoisotopic (exact) mass is 238 g/mol. The molecule has 96 valence electrons. The molecule has 4 nitrogen and oxygen atoms in total. The van der Waals surface area contributed by atoms with Gasteiger partial charge in [0.25, 0.3) is 0 Å². The molecule has 0 spiro atoms. The van der Waals surface area contributed by atoms with Crippen LogP contribution in [0.3, 0.4) is 0 Å². The van der Waals surface area contributed by atoms with Crippen LogP contribution in [-0.2, 0) is 11.2 Å². The van der Waals surface area contributed by atoms with Gasteiger partial charge in [-0.2, -0.15) is 0 Å². The highest BCUT2D eigenvalue weighted by Gasteiger charge is 1.97. The molecule has 2 N–H and O–H groups in total. The average Bonchev–Trinajstić information content (AvgIpc) is 2.79. The van der Waals surface area contributed by atoms with Crippen molar-refractivity contribution in [2.45, 2.75) is 57.8 Å². The lowest BCUT2D eigenvalue weighted by atomic mass is 10.1. The quantitative estimate of drug-likeness (QED) is 0.615. The normalized spacial score (nSPS) is 10.6. The molecule has 17 heavy (non-hydrogen) atoms. The van der Waals surface area contributed by atoms with Crippen LogP contribution < -0.4 is 0 Å². The van der Waals surface area contributed by atoms with E-state index in [0.29, 0.717) is 6.42 Å². The molecule has 4 heteroatoms. The molecular weight excluding hydrogens is 216 g/mol. The number of aromatic amines is 1. The summed E-state index contributed by atoms with van der Waals surface area (Å²) in [6, 6.07) is 0. The predicted molar refractivity (Wildman–Crippen MR) is 66.9 cm³/mol. The summed E-state index contributed by atoms with van der Waals surface area (Å²) in [6.45, 7) is 0. The van der Waals surface area contributed by atoms with Gasteiger partial charge in [-0.15, -0.1) is 0 Å². The third-order valence-corrected chi connectivity index (χ3v) is 2.89. The number of aliphatic carboxylic acids is 1. The van der Waals surface area contributed by atoms with Crippen molar-refractivity contribution in [3.63, 3.8) is 0 Å². The Morgan fingerprint density at radius 2 is 1.76 bits per heavy atom. The smallest absolute Gasteiger partial charge is 0.303 e. The zero-order valence-corrected chi connectivity index (χ0v) is 10.3. The molecule has 0 aromatic carbocycles. The van der Waals surface area contributed by atoms with Gasteiger partial charge >= 0.3 is 5.97 Å². The first-order chi connectivity index (χ1) is 8.29. The Balaban J connectivity index is 1.80. The topological polar surface area (TPSA) is 66.0 Å². The minimum Gasteiger partial charge on any atom is -0.481 e. The van der Waals surface area contributed by atoms with Crippen LogP contribution in [0.5, 0.6) is 0 Å². The van der Waals surface area contributed by atoms with E-state index in [1.165, 1.54) is 31.4 Å². The molecule has 1 rings (SSSR count). The van der Waals surface area contributed by atoms with Crippen molar-refractivity contribution >= 4 is 5.97 Å². The number of nitrogens with zero attached hydrogens (tertiary/aromatic N) is 1. The Bertz CT molecular complexity index is 296. The van der Waals surface area contributed by atoms with Crippen LogP contribution in [0.15, 0.2) is 12.5 Å². The Morgan fingerprint density at radius 1 is 1.12 bits per heavy atom. The molecule has 0 saturated heterocycles. The number of hydrogen-bond donors (Lipinski definition) is 2. The summed E-state index contributed by atoms with van der Waals surface area (Å²) in [5.41, 5.74) is 1.21. The molecular formula is C13H22N2O2. The van der Waals surface area contributed by atoms with Crippen molar-refractivity contribution in [1.29, 1.82) is 0 Å². The molecule has 0 unspecified atom stereocenters. The van der Waals surface area contributed by atoms with E-state index in [0.717, 1.165) is 25.7 Å². The number of carboxylic acid groups (broad SMARTS) is 1. The van der Waals surface area contributed by atoms with Crippen molar-refractivity contribution in [3.05, 3.63) is 18.2 Å². The second-order valence-corrected chi connectivity index (χ2v) is 4.45. The molecule has 0 aliphatic carbocycles. The standard InChI is InChI=1S/C13H22N2O2/c16-13(17)9-7-5-3-1-2-4-6-8-12-10-14-11-15-12/h10-11H,1-9H2,(H,14,15)(H,16,17). The fourth-order valence-electron chi connectivity index (χ4n) is 1.90. The van der Waals surface area contributed by atoms with Crippen LogP contribution in [0.4, 0.5) is 0 Å². The summed E-state index contributed by atoms with van der Waals surface area (Å²) in [5, 5.41) is 8.47. The molecule has 0 aliphatic rings. The highest BCUT2D eigenvalue weighted by Crippen LogP contribution is 2.10. The second kappa shape index (κ2) is 8.79. The highest BCUT2D eigenvalue weighted by molar-refractivity contribution is 5.66. The van der Waals surface area contributed by atoms with E-state index in [9.17, 15) is 4.79 Å². The Morgan fingerprint density at radius 3 is 2.35 bits per heavy atom. The number of unbranched alkanes of at least 4 members (excludes halogenated alkanes) is 6. The maximum atomic E-state index is 10.3. The fraction of sp³-hybridized carbons (Fsp3) is 0.692. The van der Waals surface area contributed by atoms with Crippen molar-refractivity contribution in [1.82, 2.24) is 9.97 Å². The summed E-state index contributed by atoms with van der Waals surface area (Å²) in [5.74, 6) is -0.676. The Labute approximate surface area is 102 Å². The van der Waals surface area contributed by atoms with Gasteiger partial charge in [0.05, 0.1) is 6.33 Å². The minimum absolute atomic E-state index is 0.319. The Hall–Kier alpha value is -1.32. The fourth-order valence-corrected chi connectivity index (χ4v) is 1.90. The minimum atomic E-state index is -0.676. The van der Waals surface area contributed by atoms with Gasteiger partial charge in [-0.05, 0) is 19.3 Å². The summed E-state index contributed by atoms with van der Waals surface area (Å²) < 4.78 is 0. The number of rotatable bonds is 10. The van der Waals surface area contributed by atoms with Crippen molar-refractivity contribution in [2.75, 3.05) is 0 Å². The SMILES string of the molecule is O=C(O)CCCCCCCCCc1cnc[nH]1. The third-order valence-electron chi connectivity index (χ3n) is 2.89. The van der Waals surface area contributed by atoms with E-state index < -0.39 is 5.97 Å². The van der Waals surface area contributed by atoms with Crippen molar-refractivity contribution in [2.24, 2.45) is 0 Å². The van der Waals surface area contributed by atoms with Gasteiger partial charge < -0.3 is 10.1 Å². The van der Waals surface area contributed by atoms with Gasteiger partial charge in [-0.3, -0.25) is 4.79 Å². The Kier molecular flexibility index (Phi) is 7.11. The molecule has 0 aliphatic heterocycles. The van der Waals surface area contributed by atoms with Crippen LogP contribution in [-0.4, -0.2) is 21.0 Å². The van der Waals surface area contributed by atoms with E-state index in [2.05, 4.69) is 9.97 Å². The van der Waals surface area contributed by atoms with E-state index in [-0.39, 0.29) is 0 Å². The number of imidazole rings is 1. The largest absolute Gasteiger partial charge is 0.481 e. The molecule has 1 aromatic rings. The van der Waals surface area contributed by atoms with Gasteiger partial charge in [0.15, 0.2) is 0 Å². The molecule has 0 atom stereocenters. The van der Waals surface area contributed by atoms with Crippen LogP contribution in [0.1, 0.15) is 57.1 Å². The van der Waals surface area contributed by atoms with E-state index in [1.54, 1.807) is 6.33 Å². The number of carbonyl (C=O) groups is 1. The lowest BCUT2D eigenvalue weighted by Gasteiger charge is -2.00. The number of carboxylic acids is 1. The van der Waals surface area contributed by atoms with Crippen LogP contribution in [0.25, 0.3) is 0 Å². The number of nitrogens with one attached hydrogen (secondary N) is 1. The van der Waals surface area contributed by atoms with E-state index >= 15 is 0 Å². The first-order valence-corrected chi connectivity index (χ1v) is 6.48. The lowest BCUT2D eigenvalue weighted by Crippen LogP contribution is -1.93. The van der Waals surface area contributed by atoms with Crippen LogP contribution in [0.2, 0.25) is 0 Å². The zero-order chi connectivity index (χ0) is 12.3. The molecule has 0 fully saturated rings. The third kappa shape index (κ3) is 7.55. The number of aromatic nitrogens is 2. The van der Waals surface area contributed by atoms with Gasteiger partial charge in [0.1, 0.15) is 0 Å². The second-order valence-electron chi connectivity index (χ2n) is 4.45. The summed E-state index contributed by atoms with van der Waals surface area (Å²) in [7, 11) is 0. The van der Waals surface area contributed by atoms with Gasteiger partial charge in [-0.1, -0.05) is 32.1 Å². The van der Waals surface area contributed by atoms with E-state index in [4.69, 9.17) is 5.11 Å². The summed E-state index contributed by atoms with van der Waals surface area (Å²) >= 11 is 0. The summed E-state index contributed by atoms with van der Waals surface area (Å²) in [4.78, 5) is 17.4. The van der Waals surface area contributed by atoms with Gasteiger partial charge in [-0.25, -0.2) is 4.98 Å². The molecule has 1 heterocycles. The molecule has 1 aromatic heterocycles. The van der Waals surface area contributed by atoms with Crippen LogP contribution in [0, 0.1) is 0 Å². The molecule has 0 radical (unpaired) electrons. The molecule has 0 amide bonds. The van der Waals surface area contributed by atoms with Crippen molar-refractivity contribution in [3.8, 4) is 0 Å². The predicted octanol–water partition coefficient (Wildman–Crippen LogP) is 3.16. The first kappa shape index (κ1) is 13.7. The van der Waals surface area contributed by atoms with Crippen LogP contribution >= 0.6 is 0 Å². The lowest BCUT2D eigenvalue weighted by molar-refractivity contribution is -0.137. The maximum absolute atomic E-state index is 10.3. The highest BCUT2D eigenvalue weighted by atomic mass is 16.4. The summed E-state index contributed by atoms with van der Waals surface area (Å²) in [6.07, 6.45) is 13.0. The molecule has 0 saturated carbocycles. The van der Waals surface area contributed by atoms with Crippen molar-refractivity contribution < 1.29 is 9.90 Å². The number of H-pyrrole nitrogens is 1. The zero-order valence-electron chi connectivity index (χ0n) is 10.3. The average molecular weight is 238 g/mol. The van der Waals surface area contributed by atoms with E-state index in [1.807, 2.05) is 6.20 Å². The number of aryl methyl sites for hydroxylation is 1. The molecule has 0 bridgehead atoms. The number of hydrogen-bond acceptors (Lipinski definition) is 2.